The molecule has 0 spiro atoms. The minimum Gasteiger partial charge on any atom is -0.444 e. The zero-order valence-corrected chi connectivity index (χ0v) is 18.3. The first-order chi connectivity index (χ1) is 14.2. The fraction of sp³-hybridized carbons (Fsp3) is 0.609. The number of ether oxygens (including phenoxy) is 1. The highest BCUT2D eigenvalue weighted by Crippen LogP contribution is 2.22. The predicted octanol–water partition coefficient (Wildman–Crippen LogP) is 3.90. The molecular weight excluding hydrogens is 382 g/mol. The molecule has 0 radical (unpaired) electrons. The van der Waals surface area contributed by atoms with Crippen molar-refractivity contribution >= 4 is 23.6 Å². The normalized spacial score (nSPS) is 19.9. The Kier molecular flexibility index (Phi) is 7.00. The van der Waals surface area contributed by atoms with Gasteiger partial charge in [0.2, 0.25) is 5.91 Å². The molecule has 1 aromatic rings. The lowest BCUT2D eigenvalue weighted by Crippen LogP contribution is -2.45. The molecule has 2 saturated heterocycles. The molecule has 3 rings (SSSR count). The highest BCUT2D eigenvalue weighted by atomic mass is 16.6. The summed E-state index contributed by atoms with van der Waals surface area (Å²) in [5.41, 5.74) is 0.638. The number of piperidine rings is 2. The molecule has 1 atom stereocenters. The van der Waals surface area contributed by atoms with E-state index in [2.05, 4.69) is 5.32 Å². The number of nitrogens with zero attached hydrogens (tertiary/aromatic N) is 2. The van der Waals surface area contributed by atoms with Gasteiger partial charge in [-0.05, 0) is 71.1 Å². The molecule has 7 nitrogen and oxygen atoms in total. The molecule has 2 heterocycles. The third kappa shape index (κ3) is 5.97. The summed E-state index contributed by atoms with van der Waals surface area (Å²) in [4.78, 5) is 41.4. The average Bonchev–Trinajstić information content (AvgIpc) is 2.73. The maximum absolute atomic E-state index is 12.8. The number of nitrogens with one attached hydrogen (secondary N) is 1. The van der Waals surface area contributed by atoms with Crippen LogP contribution in [0.25, 0.3) is 0 Å². The fourth-order valence-corrected chi connectivity index (χ4v) is 3.94. The number of carbonyl (C=O) groups excluding carboxylic acids is 3. The van der Waals surface area contributed by atoms with E-state index in [0.29, 0.717) is 24.3 Å². The SMILES string of the molecule is CC(C)(C)OC(=O)N1CCCC(C(=O)Nc2cccc(C(=O)N3CCCCC3)c2)C1. The summed E-state index contributed by atoms with van der Waals surface area (Å²) >= 11 is 0. The van der Waals surface area contributed by atoms with Crippen molar-refractivity contribution < 1.29 is 19.1 Å². The smallest absolute Gasteiger partial charge is 0.410 e. The number of benzene rings is 1. The van der Waals surface area contributed by atoms with Gasteiger partial charge in [0.1, 0.15) is 5.60 Å². The van der Waals surface area contributed by atoms with Gasteiger partial charge in [0.05, 0.1) is 5.92 Å². The van der Waals surface area contributed by atoms with E-state index in [-0.39, 0.29) is 23.8 Å². The minimum atomic E-state index is -0.562. The summed E-state index contributed by atoms with van der Waals surface area (Å²) in [6.45, 7) is 8.01. The second-order valence-electron chi connectivity index (χ2n) is 9.19. The van der Waals surface area contributed by atoms with Gasteiger partial charge in [0, 0.05) is 37.4 Å². The van der Waals surface area contributed by atoms with Crippen LogP contribution in [0.3, 0.4) is 0 Å². The molecule has 1 aromatic carbocycles. The fourth-order valence-electron chi connectivity index (χ4n) is 3.94. The van der Waals surface area contributed by atoms with Crippen LogP contribution in [-0.2, 0) is 9.53 Å². The summed E-state index contributed by atoms with van der Waals surface area (Å²) in [5.74, 6) is -0.418. The maximum Gasteiger partial charge on any atom is 0.410 e. The van der Waals surface area contributed by atoms with Gasteiger partial charge in [-0.2, -0.15) is 0 Å². The minimum absolute atomic E-state index is 0.0135. The van der Waals surface area contributed by atoms with E-state index in [1.807, 2.05) is 25.7 Å². The Hall–Kier alpha value is -2.57. The predicted molar refractivity (Wildman–Crippen MR) is 115 cm³/mol. The van der Waals surface area contributed by atoms with Gasteiger partial charge >= 0.3 is 6.09 Å². The summed E-state index contributed by atoms with van der Waals surface area (Å²) in [6.07, 6.45) is 4.34. The van der Waals surface area contributed by atoms with Crippen molar-refractivity contribution in [1.82, 2.24) is 9.80 Å². The lowest BCUT2D eigenvalue weighted by atomic mass is 9.97. The van der Waals surface area contributed by atoms with Crippen LogP contribution in [0.5, 0.6) is 0 Å². The van der Waals surface area contributed by atoms with Crippen LogP contribution < -0.4 is 5.32 Å². The number of amides is 3. The van der Waals surface area contributed by atoms with Gasteiger partial charge < -0.3 is 19.9 Å². The number of hydrogen-bond acceptors (Lipinski definition) is 4. The molecule has 1 unspecified atom stereocenters. The highest BCUT2D eigenvalue weighted by Gasteiger charge is 2.31. The Morgan fingerprint density at radius 2 is 1.70 bits per heavy atom. The van der Waals surface area contributed by atoms with Crippen molar-refractivity contribution in [3.63, 3.8) is 0 Å². The largest absolute Gasteiger partial charge is 0.444 e. The Balaban J connectivity index is 1.60. The van der Waals surface area contributed by atoms with Crippen molar-refractivity contribution in [2.75, 3.05) is 31.5 Å². The van der Waals surface area contributed by atoms with E-state index < -0.39 is 5.60 Å². The van der Waals surface area contributed by atoms with Crippen LogP contribution in [0.15, 0.2) is 24.3 Å². The first kappa shape index (κ1) is 22.1. The number of hydrogen-bond donors (Lipinski definition) is 1. The van der Waals surface area contributed by atoms with Crippen LogP contribution in [0, 0.1) is 5.92 Å². The topological polar surface area (TPSA) is 79.0 Å². The standard InChI is InChI=1S/C23H33N3O4/c1-23(2,3)30-22(29)26-14-8-10-18(16-26)20(27)24-19-11-7-9-17(15-19)21(28)25-12-5-4-6-13-25/h7,9,11,15,18H,4-6,8,10,12-14,16H2,1-3H3,(H,24,27). The summed E-state index contributed by atoms with van der Waals surface area (Å²) in [7, 11) is 0. The number of rotatable bonds is 3. The molecule has 2 aliphatic rings. The Bertz CT molecular complexity index is 781. The number of likely N-dealkylation sites (tertiary alicyclic amines) is 2. The van der Waals surface area contributed by atoms with Crippen molar-refractivity contribution in [2.45, 2.75) is 58.5 Å². The molecular formula is C23H33N3O4. The van der Waals surface area contributed by atoms with Gasteiger partial charge in [0.15, 0.2) is 0 Å². The number of anilines is 1. The molecule has 0 saturated carbocycles. The van der Waals surface area contributed by atoms with Crippen molar-refractivity contribution in [1.29, 1.82) is 0 Å². The molecule has 0 aromatic heterocycles. The molecule has 1 N–H and O–H groups in total. The van der Waals surface area contributed by atoms with E-state index >= 15 is 0 Å². The van der Waals surface area contributed by atoms with Gasteiger partial charge in [-0.15, -0.1) is 0 Å². The van der Waals surface area contributed by atoms with Crippen LogP contribution in [0.2, 0.25) is 0 Å². The molecule has 2 aliphatic heterocycles. The first-order valence-corrected chi connectivity index (χ1v) is 10.9. The summed E-state index contributed by atoms with van der Waals surface area (Å²) in [5, 5.41) is 2.93. The Labute approximate surface area is 178 Å². The quantitative estimate of drug-likeness (QED) is 0.812. The third-order valence-corrected chi connectivity index (χ3v) is 5.46. The molecule has 7 heteroatoms. The Morgan fingerprint density at radius 3 is 2.40 bits per heavy atom. The molecule has 0 bridgehead atoms. The second kappa shape index (κ2) is 9.49. The van der Waals surface area contributed by atoms with Crippen molar-refractivity contribution in [3.05, 3.63) is 29.8 Å². The molecule has 2 fully saturated rings. The van der Waals surface area contributed by atoms with Gasteiger partial charge in [-0.3, -0.25) is 9.59 Å². The van der Waals surface area contributed by atoms with Gasteiger partial charge in [-0.1, -0.05) is 6.07 Å². The molecule has 3 amide bonds. The molecule has 164 valence electrons. The van der Waals surface area contributed by atoms with Crippen LogP contribution >= 0.6 is 0 Å². The van der Waals surface area contributed by atoms with Crippen LogP contribution in [0.4, 0.5) is 10.5 Å². The lowest BCUT2D eigenvalue weighted by molar-refractivity contribution is -0.121. The van der Waals surface area contributed by atoms with E-state index in [1.165, 1.54) is 6.42 Å². The number of carbonyl (C=O) groups is 3. The van der Waals surface area contributed by atoms with Gasteiger partial charge in [-0.25, -0.2) is 4.79 Å². The van der Waals surface area contributed by atoms with Crippen molar-refractivity contribution in [2.24, 2.45) is 5.92 Å². The van der Waals surface area contributed by atoms with E-state index in [0.717, 1.165) is 38.8 Å². The van der Waals surface area contributed by atoms with Crippen molar-refractivity contribution in [3.8, 4) is 0 Å². The second-order valence-corrected chi connectivity index (χ2v) is 9.19. The summed E-state index contributed by atoms with van der Waals surface area (Å²) < 4.78 is 5.44. The average molecular weight is 416 g/mol. The van der Waals surface area contributed by atoms with Crippen LogP contribution in [-0.4, -0.2) is 59.5 Å². The zero-order chi connectivity index (χ0) is 21.7. The summed E-state index contributed by atoms with van der Waals surface area (Å²) in [6, 6.07) is 7.11. The van der Waals surface area contributed by atoms with E-state index in [1.54, 1.807) is 29.2 Å². The lowest BCUT2D eigenvalue weighted by Gasteiger charge is -2.33. The Morgan fingerprint density at radius 1 is 1.00 bits per heavy atom. The molecule has 0 aliphatic carbocycles. The maximum atomic E-state index is 12.8. The third-order valence-electron chi connectivity index (χ3n) is 5.46. The highest BCUT2D eigenvalue weighted by molar-refractivity contribution is 5.98. The zero-order valence-electron chi connectivity index (χ0n) is 18.3. The van der Waals surface area contributed by atoms with E-state index in [4.69, 9.17) is 4.74 Å². The van der Waals surface area contributed by atoms with E-state index in [9.17, 15) is 14.4 Å². The van der Waals surface area contributed by atoms with Gasteiger partial charge in [0.25, 0.3) is 5.91 Å². The monoisotopic (exact) mass is 415 g/mol. The van der Waals surface area contributed by atoms with Crippen LogP contribution in [0.1, 0.15) is 63.2 Å². The first-order valence-electron chi connectivity index (χ1n) is 10.9. The molecule has 30 heavy (non-hydrogen) atoms.